The highest BCUT2D eigenvalue weighted by Crippen LogP contribution is 2.27. The van der Waals surface area contributed by atoms with Gasteiger partial charge in [0.15, 0.2) is 6.61 Å². The number of aryl methyl sites for hydroxylation is 2. The molecule has 2 rings (SSSR count). The summed E-state index contributed by atoms with van der Waals surface area (Å²) in [5, 5.41) is 6.98. The Bertz CT molecular complexity index is 876. The van der Waals surface area contributed by atoms with Crippen molar-refractivity contribution in [3.8, 4) is 5.75 Å². The molecule has 0 saturated carbocycles. The number of esters is 1. The molecular weight excluding hydrogens is 362 g/mol. The standard InChI is InChI=1S/C17H18ClN3O5/c1-9-15(10(2)21(3)20-9)16(23)17(24)26-8-14(22)19-12-7-11(18)5-6-13(12)25-4/h5-7H,8H2,1-4H3,(H,19,22). The third kappa shape index (κ3) is 4.20. The predicted octanol–water partition coefficient (Wildman–Crippen LogP) is 2.06. The number of carbonyl (C=O) groups is 3. The van der Waals surface area contributed by atoms with Gasteiger partial charge >= 0.3 is 5.97 Å². The van der Waals surface area contributed by atoms with E-state index in [2.05, 4.69) is 10.4 Å². The van der Waals surface area contributed by atoms with Gasteiger partial charge in [0.1, 0.15) is 5.75 Å². The van der Waals surface area contributed by atoms with Crippen LogP contribution in [0.1, 0.15) is 21.7 Å². The maximum atomic E-state index is 12.2. The number of ether oxygens (including phenoxy) is 2. The summed E-state index contributed by atoms with van der Waals surface area (Å²) in [6.45, 7) is 2.66. The molecule has 1 heterocycles. The van der Waals surface area contributed by atoms with Crippen LogP contribution in [0.2, 0.25) is 5.02 Å². The van der Waals surface area contributed by atoms with E-state index in [4.69, 9.17) is 21.1 Å². The SMILES string of the molecule is COc1ccc(Cl)cc1NC(=O)COC(=O)C(=O)c1c(C)nn(C)c1C. The Kier molecular flexibility index (Phi) is 5.99. The van der Waals surface area contributed by atoms with E-state index in [1.54, 1.807) is 33.0 Å². The second-order valence-electron chi connectivity index (χ2n) is 5.47. The van der Waals surface area contributed by atoms with Gasteiger partial charge in [-0.05, 0) is 32.0 Å². The predicted molar refractivity (Wildman–Crippen MR) is 94.6 cm³/mol. The smallest absolute Gasteiger partial charge is 0.380 e. The zero-order valence-electron chi connectivity index (χ0n) is 14.8. The van der Waals surface area contributed by atoms with Crippen LogP contribution in [0.25, 0.3) is 0 Å². The minimum Gasteiger partial charge on any atom is -0.495 e. The zero-order valence-corrected chi connectivity index (χ0v) is 15.5. The van der Waals surface area contributed by atoms with Crippen LogP contribution in [0.5, 0.6) is 5.75 Å². The summed E-state index contributed by atoms with van der Waals surface area (Å²) in [5.74, 6) is -2.21. The number of aromatic nitrogens is 2. The van der Waals surface area contributed by atoms with Crippen molar-refractivity contribution >= 4 is 34.9 Å². The van der Waals surface area contributed by atoms with Crippen molar-refractivity contribution in [2.45, 2.75) is 13.8 Å². The summed E-state index contributed by atoms with van der Waals surface area (Å²) in [5.41, 5.74) is 1.46. The number of hydrogen-bond donors (Lipinski definition) is 1. The van der Waals surface area contributed by atoms with Gasteiger partial charge in [-0.3, -0.25) is 14.3 Å². The Labute approximate surface area is 155 Å². The number of ketones is 1. The van der Waals surface area contributed by atoms with E-state index in [0.717, 1.165) is 0 Å². The summed E-state index contributed by atoms with van der Waals surface area (Å²) < 4.78 is 11.4. The fourth-order valence-electron chi connectivity index (χ4n) is 2.37. The Morgan fingerprint density at radius 1 is 1.27 bits per heavy atom. The molecule has 0 atom stereocenters. The first kappa shape index (κ1) is 19.5. The van der Waals surface area contributed by atoms with Crippen LogP contribution >= 0.6 is 11.6 Å². The number of hydrogen-bond acceptors (Lipinski definition) is 6. The van der Waals surface area contributed by atoms with Gasteiger partial charge < -0.3 is 14.8 Å². The summed E-state index contributed by atoms with van der Waals surface area (Å²) in [7, 11) is 3.10. The number of carbonyl (C=O) groups excluding carboxylic acids is 3. The lowest BCUT2D eigenvalue weighted by Gasteiger charge is -2.10. The molecule has 2 aromatic rings. The summed E-state index contributed by atoms with van der Waals surface area (Å²) in [6.07, 6.45) is 0. The minimum atomic E-state index is -1.13. The Balaban J connectivity index is 2.00. The number of anilines is 1. The first-order valence-electron chi connectivity index (χ1n) is 7.59. The molecular formula is C17H18ClN3O5. The Morgan fingerprint density at radius 3 is 2.54 bits per heavy atom. The molecule has 1 aromatic carbocycles. The van der Waals surface area contributed by atoms with Crippen LogP contribution in [0.3, 0.4) is 0 Å². The van der Waals surface area contributed by atoms with E-state index in [9.17, 15) is 14.4 Å². The van der Waals surface area contributed by atoms with Crippen molar-refractivity contribution in [1.29, 1.82) is 0 Å². The number of rotatable bonds is 6. The molecule has 0 aliphatic carbocycles. The summed E-state index contributed by atoms with van der Waals surface area (Å²) >= 11 is 5.88. The molecule has 0 unspecified atom stereocenters. The van der Waals surface area contributed by atoms with Gasteiger partial charge in [0.05, 0.1) is 24.1 Å². The molecule has 0 radical (unpaired) electrons. The third-order valence-corrected chi connectivity index (χ3v) is 3.93. The highest BCUT2D eigenvalue weighted by atomic mass is 35.5. The van der Waals surface area contributed by atoms with E-state index in [-0.39, 0.29) is 5.56 Å². The largest absolute Gasteiger partial charge is 0.495 e. The quantitative estimate of drug-likeness (QED) is 0.468. The lowest BCUT2D eigenvalue weighted by atomic mass is 10.1. The minimum absolute atomic E-state index is 0.175. The first-order valence-corrected chi connectivity index (χ1v) is 7.97. The third-order valence-electron chi connectivity index (χ3n) is 3.69. The van der Waals surface area contributed by atoms with Crippen molar-refractivity contribution in [3.05, 3.63) is 40.2 Å². The van der Waals surface area contributed by atoms with E-state index in [0.29, 0.717) is 27.8 Å². The number of benzene rings is 1. The molecule has 0 saturated heterocycles. The van der Waals surface area contributed by atoms with Crippen molar-refractivity contribution in [2.75, 3.05) is 19.0 Å². The second kappa shape index (κ2) is 8.01. The number of amides is 1. The molecule has 138 valence electrons. The van der Waals surface area contributed by atoms with Crippen LogP contribution in [0, 0.1) is 13.8 Å². The summed E-state index contributed by atoms with van der Waals surface area (Å²) in [6, 6.07) is 4.68. The van der Waals surface area contributed by atoms with Crippen LogP contribution in [-0.2, 0) is 21.4 Å². The van der Waals surface area contributed by atoms with Gasteiger partial charge in [-0.15, -0.1) is 0 Å². The maximum absolute atomic E-state index is 12.2. The van der Waals surface area contributed by atoms with Crippen LogP contribution in [0.15, 0.2) is 18.2 Å². The maximum Gasteiger partial charge on any atom is 0.380 e. The Morgan fingerprint density at radius 2 is 1.96 bits per heavy atom. The molecule has 0 aliphatic rings. The van der Waals surface area contributed by atoms with Gasteiger partial charge in [-0.2, -0.15) is 5.10 Å². The lowest BCUT2D eigenvalue weighted by Crippen LogP contribution is -2.25. The highest BCUT2D eigenvalue weighted by molar-refractivity contribution is 6.41. The van der Waals surface area contributed by atoms with Crippen molar-refractivity contribution in [1.82, 2.24) is 9.78 Å². The number of nitrogens with zero attached hydrogens (tertiary/aromatic N) is 2. The summed E-state index contributed by atoms with van der Waals surface area (Å²) in [4.78, 5) is 36.2. The molecule has 1 amide bonds. The van der Waals surface area contributed by atoms with Crippen LogP contribution in [-0.4, -0.2) is 41.2 Å². The molecule has 26 heavy (non-hydrogen) atoms. The van der Waals surface area contributed by atoms with Crippen molar-refractivity contribution in [2.24, 2.45) is 7.05 Å². The monoisotopic (exact) mass is 379 g/mol. The van der Waals surface area contributed by atoms with Gasteiger partial charge in [0.2, 0.25) is 0 Å². The van der Waals surface area contributed by atoms with E-state index >= 15 is 0 Å². The zero-order chi connectivity index (χ0) is 19.4. The molecule has 0 spiro atoms. The lowest BCUT2D eigenvalue weighted by molar-refractivity contribution is -0.142. The van der Waals surface area contributed by atoms with Crippen LogP contribution < -0.4 is 10.1 Å². The van der Waals surface area contributed by atoms with E-state index in [1.807, 2.05) is 0 Å². The molecule has 0 aliphatic heterocycles. The Hall–Kier alpha value is -2.87. The van der Waals surface area contributed by atoms with E-state index < -0.39 is 24.3 Å². The molecule has 1 aromatic heterocycles. The van der Waals surface area contributed by atoms with Gasteiger partial charge in [0.25, 0.3) is 11.7 Å². The second-order valence-corrected chi connectivity index (χ2v) is 5.90. The normalized spacial score (nSPS) is 10.3. The number of halogens is 1. The molecule has 9 heteroatoms. The number of Topliss-reactive ketones (excluding diaryl/α,β-unsaturated/α-hetero) is 1. The van der Waals surface area contributed by atoms with Gasteiger partial charge in [0, 0.05) is 17.8 Å². The molecule has 0 bridgehead atoms. The van der Waals surface area contributed by atoms with Gasteiger partial charge in [-0.25, -0.2) is 4.79 Å². The van der Waals surface area contributed by atoms with Crippen molar-refractivity contribution < 1.29 is 23.9 Å². The highest BCUT2D eigenvalue weighted by Gasteiger charge is 2.25. The topological polar surface area (TPSA) is 99.5 Å². The van der Waals surface area contributed by atoms with Gasteiger partial charge in [-0.1, -0.05) is 11.6 Å². The molecule has 1 N–H and O–H groups in total. The number of methoxy groups -OCH3 is 1. The average molecular weight is 380 g/mol. The van der Waals surface area contributed by atoms with E-state index in [1.165, 1.54) is 17.9 Å². The van der Waals surface area contributed by atoms with Crippen molar-refractivity contribution in [3.63, 3.8) is 0 Å². The molecule has 8 nitrogen and oxygen atoms in total. The fourth-order valence-corrected chi connectivity index (χ4v) is 2.54. The number of nitrogens with one attached hydrogen (secondary N) is 1. The first-order chi connectivity index (χ1) is 12.2. The van der Waals surface area contributed by atoms with Crippen LogP contribution in [0.4, 0.5) is 5.69 Å². The molecule has 0 fully saturated rings. The fraction of sp³-hybridized carbons (Fsp3) is 0.294. The average Bonchev–Trinajstić information content (AvgIpc) is 2.84.